The normalized spacial score (nSPS) is 30.9. The zero-order valence-corrected chi connectivity index (χ0v) is 6.49. The number of thiol groups is 2. The first-order valence-corrected chi connectivity index (χ1v) is 3.41. The summed E-state index contributed by atoms with van der Waals surface area (Å²) in [7, 11) is 0. The van der Waals surface area contributed by atoms with Gasteiger partial charge in [0.05, 0.1) is 0 Å². The third kappa shape index (κ3) is 1.04. The van der Waals surface area contributed by atoms with E-state index in [1.54, 1.807) is 0 Å². The molecule has 46 valence electrons. The van der Waals surface area contributed by atoms with Gasteiger partial charge in [-0.25, -0.2) is 4.31 Å². The Kier molecular flexibility index (Phi) is 1.90. The molecule has 0 spiro atoms. The van der Waals surface area contributed by atoms with Gasteiger partial charge in [-0.1, -0.05) is 18.9 Å². The predicted octanol–water partition coefficient (Wildman–Crippen LogP) is 1.35. The van der Waals surface area contributed by atoms with Gasteiger partial charge >= 0.3 is 0 Å². The molecule has 0 fully saturated rings. The Morgan fingerprint density at radius 3 is 2.62 bits per heavy atom. The van der Waals surface area contributed by atoms with Gasteiger partial charge in [0.1, 0.15) is 0 Å². The maximum Gasteiger partial charge on any atom is 0.0478 e. The van der Waals surface area contributed by atoms with Crippen LogP contribution in [0.2, 0.25) is 0 Å². The van der Waals surface area contributed by atoms with E-state index in [4.69, 9.17) is 0 Å². The van der Waals surface area contributed by atoms with Gasteiger partial charge in [0.25, 0.3) is 0 Å². The zero-order chi connectivity index (χ0) is 6.15. The molecule has 0 aliphatic carbocycles. The number of hydrogen-bond acceptors (Lipinski definition) is 3. The minimum Gasteiger partial charge on any atom is -0.242 e. The first-order valence-electron chi connectivity index (χ1n) is 2.56. The number of hydrogen-bond donors (Lipinski definition) is 2. The molecule has 1 aliphatic rings. The third-order valence-electron chi connectivity index (χ3n) is 1.36. The highest BCUT2D eigenvalue weighted by molar-refractivity contribution is 7.84. The maximum atomic E-state index is 4.22. The van der Waals surface area contributed by atoms with E-state index in [1.165, 1.54) is 0 Å². The Morgan fingerprint density at radius 2 is 2.50 bits per heavy atom. The largest absolute Gasteiger partial charge is 0.242 e. The zero-order valence-electron chi connectivity index (χ0n) is 4.70. The number of rotatable bonds is 0. The number of nitrogens with zero attached hydrogens (tertiary/aromatic N) is 1. The smallest absolute Gasteiger partial charge is 0.0478 e. The molecule has 0 bridgehead atoms. The summed E-state index contributed by atoms with van der Waals surface area (Å²) in [6, 6.07) is 0.404. The van der Waals surface area contributed by atoms with Crippen molar-refractivity contribution in [3.63, 3.8) is 0 Å². The molecule has 1 rings (SSSR count). The Morgan fingerprint density at radius 1 is 1.88 bits per heavy atom. The van der Waals surface area contributed by atoms with E-state index < -0.39 is 0 Å². The fourth-order valence-electron chi connectivity index (χ4n) is 0.668. The lowest BCUT2D eigenvalue weighted by Gasteiger charge is -2.13. The molecule has 0 radical (unpaired) electrons. The van der Waals surface area contributed by atoms with E-state index in [0.717, 1.165) is 11.4 Å². The second-order valence-electron chi connectivity index (χ2n) is 1.93. The summed E-state index contributed by atoms with van der Waals surface area (Å²) in [5.74, 6) is 0. The van der Waals surface area contributed by atoms with Crippen molar-refractivity contribution in [2.45, 2.75) is 13.0 Å². The van der Waals surface area contributed by atoms with Crippen LogP contribution in [0.25, 0.3) is 0 Å². The van der Waals surface area contributed by atoms with Crippen molar-refractivity contribution in [1.29, 1.82) is 0 Å². The van der Waals surface area contributed by atoms with Gasteiger partial charge < -0.3 is 0 Å². The summed E-state index contributed by atoms with van der Waals surface area (Å²) >= 11 is 8.40. The SMILES string of the molecule is CC1C(S)=CCN1S. The molecule has 0 N–H and O–H groups in total. The summed E-state index contributed by atoms with van der Waals surface area (Å²) in [5, 5.41) is 0. The molecule has 0 aromatic heterocycles. The maximum absolute atomic E-state index is 4.22. The first-order chi connectivity index (χ1) is 3.72. The fraction of sp³-hybridized carbons (Fsp3) is 0.600. The van der Waals surface area contributed by atoms with Crippen LogP contribution in [-0.4, -0.2) is 16.9 Å². The van der Waals surface area contributed by atoms with Gasteiger partial charge in [-0.3, -0.25) is 0 Å². The van der Waals surface area contributed by atoms with Crippen molar-refractivity contribution in [1.82, 2.24) is 4.31 Å². The van der Waals surface area contributed by atoms with Crippen LogP contribution in [0.1, 0.15) is 6.92 Å². The second kappa shape index (κ2) is 2.33. The van der Waals surface area contributed by atoms with E-state index in [9.17, 15) is 0 Å². The van der Waals surface area contributed by atoms with Crippen LogP contribution in [0.5, 0.6) is 0 Å². The van der Waals surface area contributed by atoms with Gasteiger partial charge in [0.2, 0.25) is 0 Å². The van der Waals surface area contributed by atoms with Gasteiger partial charge in [-0.2, -0.15) is 0 Å². The summed E-state index contributed by atoms with van der Waals surface area (Å²) in [5.41, 5.74) is 0. The van der Waals surface area contributed by atoms with Gasteiger partial charge in [-0.05, 0) is 11.8 Å². The van der Waals surface area contributed by atoms with E-state index in [-0.39, 0.29) is 0 Å². The predicted molar refractivity (Wildman–Crippen MR) is 42.2 cm³/mol. The molecule has 1 nitrogen and oxygen atoms in total. The lowest BCUT2D eigenvalue weighted by atomic mass is 10.4. The van der Waals surface area contributed by atoms with Crippen molar-refractivity contribution < 1.29 is 0 Å². The molecule has 0 aromatic rings. The average Bonchev–Trinajstić information content (AvgIpc) is 1.98. The van der Waals surface area contributed by atoms with Crippen LogP contribution in [0, 0.1) is 0 Å². The van der Waals surface area contributed by atoms with Crippen molar-refractivity contribution in [2.24, 2.45) is 0 Å². The lowest BCUT2D eigenvalue weighted by molar-refractivity contribution is 0.502. The topological polar surface area (TPSA) is 3.24 Å². The summed E-state index contributed by atoms with van der Waals surface area (Å²) in [6.45, 7) is 3.00. The minimum absolute atomic E-state index is 0.404. The van der Waals surface area contributed by atoms with Gasteiger partial charge in [0, 0.05) is 12.6 Å². The van der Waals surface area contributed by atoms with E-state index in [1.807, 2.05) is 4.31 Å². The van der Waals surface area contributed by atoms with E-state index in [2.05, 4.69) is 38.4 Å². The molecule has 1 heterocycles. The Hall–Kier alpha value is 0.400. The van der Waals surface area contributed by atoms with Gasteiger partial charge in [-0.15, -0.1) is 12.6 Å². The molecule has 1 aliphatic heterocycles. The minimum atomic E-state index is 0.404. The molecular weight excluding hydrogens is 138 g/mol. The van der Waals surface area contributed by atoms with E-state index in [0.29, 0.717) is 6.04 Å². The molecule has 0 saturated heterocycles. The van der Waals surface area contributed by atoms with E-state index >= 15 is 0 Å². The average molecular weight is 147 g/mol. The van der Waals surface area contributed by atoms with Crippen molar-refractivity contribution in [2.75, 3.05) is 6.54 Å². The second-order valence-corrected chi connectivity index (χ2v) is 2.96. The van der Waals surface area contributed by atoms with Crippen LogP contribution in [-0.2, 0) is 0 Å². The highest BCUT2D eigenvalue weighted by Crippen LogP contribution is 2.21. The summed E-state index contributed by atoms with van der Waals surface area (Å²) in [6.07, 6.45) is 2.07. The Labute approximate surface area is 60.7 Å². The highest BCUT2D eigenvalue weighted by Gasteiger charge is 2.16. The third-order valence-corrected chi connectivity index (χ3v) is 2.43. The molecule has 0 saturated carbocycles. The quantitative estimate of drug-likeness (QED) is 0.489. The van der Waals surface area contributed by atoms with Crippen molar-refractivity contribution in [3.05, 3.63) is 11.0 Å². The highest BCUT2D eigenvalue weighted by atomic mass is 32.1. The standard InChI is InChI=1S/C5H9NS2/c1-4-5(7)2-3-6(4)8/h2,4,7-8H,3H2,1H3. The first kappa shape index (κ1) is 6.52. The van der Waals surface area contributed by atoms with Crippen molar-refractivity contribution in [3.8, 4) is 0 Å². The lowest BCUT2D eigenvalue weighted by Crippen LogP contribution is -2.17. The molecule has 0 aromatic carbocycles. The molecule has 8 heavy (non-hydrogen) atoms. The van der Waals surface area contributed by atoms with Crippen LogP contribution >= 0.6 is 25.4 Å². The van der Waals surface area contributed by atoms with Crippen LogP contribution in [0.3, 0.4) is 0 Å². The molecular formula is C5H9NS2. The molecule has 1 atom stereocenters. The van der Waals surface area contributed by atoms with Crippen LogP contribution in [0.4, 0.5) is 0 Å². The Balaban J connectivity index is 2.59. The Bertz CT molecular complexity index is 122. The molecule has 3 heteroatoms. The van der Waals surface area contributed by atoms with Gasteiger partial charge in [0.15, 0.2) is 0 Å². The van der Waals surface area contributed by atoms with Crippen LogP contribution in [0.15, 0.2) is 11.0 Å². The van der Waals surface area contributed by atoms with Crippen LogP contribution < -0.4 is 0 Å². The molecule has 0 amide bonds. The monoisotopic (exact) mass is 147 g/mol. The molecule has 1 unspecified atom stereocenters. The van der Waals surface area contributed by atoms with Crippen molar-refractivity contribution >= 4 is 25.4 Å². The fourth-order valence-corrected chi connectivity index (χ4v) is 1.19. The summed E-state index contributed by atoms with van der Waals surface area (Å²) in [4.78, 5) is 1.12. The summed E-state index contributed by atoms with van der Waals surface area (Å²) < 4.78 is 1.95.